The molecule has 5 nitrogen and oxygen atoms in total. The number of nitrogens with zero attached hydrogens (tertiary/aromatic N) is 2. The van der Waals surface area contributed by atoms with E-state index in [1.807, 2.05) is 28.7 Å². The number of nitrogen functional groups attached to an aromatic ring is 1. The van der Waals surface area contributed by atoms with E-state index in [0.717, 1.165) is 16.4 Å². The van der Waals surface area contributed by atoms with Gasteiger partial charge >= 0.3 is 0 Å². The van der Waals surface area contributed by atoms with Gasteiger partial charge in [0.25, 0.3) is 5.91 Å². The molecule has 1 aliphatic carbocycles. The van der Waals surface area contributed by atoms with Crippen LogP contribution in [0.3, 0.4) is 0 Å². The van der Waals surface area contributed by atoms with E-state index >= 15 is 0 Å². The molecule has 1 fully saturated rings. The number of carbonyl (C=O) groups excluding carboxylic acids is 1. The Labute approximate surface area is 125 Å². The fourth-order valence-corrected chi connectivity index (χ4v) is 2.54. The minimum Gasteiger partial charge on any atom is -0.480 e. The molecule has 1 amide bonds. The molecule has 2 N–H and O–H groups in total. The first-order valence-corrected chi connectivity index (χ1v) is 6.98. The molecule has 0 saturated heterocycles. The Kier molecular flexibility index (Phi) is 4.14. The average molecular weight is 371 g/mol. The molecule has 1 saturated carbocycles. The first-order chi connectivity index (χ1) is 9.02. The number of likely N-dealkylation sites (N-methyl/N-ethyl adjacent to an activating group) is 1. The highest BCUT2D eigenvalue weighted by Gasteiger charge is 2.29. The lowest BCUT2D eigenvalue weighted by molar-refractivity contribution is -0.132. The van der Waals surface area contributed by atoms with E-state index in [4.69, 9.17) is 15.7 Å². The normalized spacial score (nSPS) is 13.7. The second kappa shape index (κ2) is 5.65. The second-order valence-corrected chi connectivity index (χ2v) is 5.67. The summed E-state index contributed by atoms with van der Waals surface area (Å²) in [6.45, 7) is -0.0287. The van der Waals surface area contributed by atoms with Crippen LogP contribution in [0.25, 0.3) is 0 Å². The standard InChI is InChI=1S/C13H14IN3O2/c1-17(9-2-3-9)12(18)7-19-13-10(14)4-8(6-15)5-11(13)16/h4-5,9H,2-3,7,16H2,1H3. The van der Waals surface area contributed by atoms with Crippen LogP contribution in [0.4, 0.5) is 5.69 Å². The Bertz CT molecular complexity index is 526. The van der Waals surface area contributed by atoms with E-state index in [1.54, 1.807) is 24.1 Å². The number of ether oxygens (including phenoxy) is 1. The van der Waals surface area contributed by atoms with Gasteiger partial charge in [-0.3, -0.25) is 4.79 Å². The average Bonchev–Trinajstić information content (AvgIpc) is 3.20. The number of anilines is 1. The number of nitrogens with two attached hydrogens (primary N) is 1. The minimum atomic E-state index is -0.0536. The lowest BCUT2D eigenvalue weighted by Gasteiger charge is -2.17. The van der Waals surface area contributed by atoms with Gasteiger partial charge in [0.2, 0.25) is 0 Å². The fourth-order valence-electron chi connectivity index (χ4n) is 1.73. The summed E-state index contributed by atoms with van der Waals surface area (Å²) < 4.78 is 6.23. The number of carbonyl (C=O) groups is 1. The van der Waals surface area contributed by atoms with Crippen molar-refractivity contribution < 1.29 is 9.53 Å². The molecule has 0 aliphatic heterocycles. The molecule has 0 bridgehead atoms. The zero-order chi connectivity index (χ0) is 14.0. The van der Waals surface area contributed by atoms with Crippen molar-refractivity contribution in [1.82, 2.24) is 4.90 Å². The zero-order valence-corrected chi connectivity index (χ0v) is 12.7. The summed E-state index contributed by atoms with van der Waals surface area (Å²) in [6.07, 6.45) is 2.14. The SMILES string of the molecule is CN(C(=O)COc1c(N)cc(C#N)cc1I)C1CC1. The molecule has 0 unspecified atom stereocenters. The van der Waals surface area contributed by atoms with Crippen LogP contribution in [-0.4, -0.2) is 30.5 Å². The van der Waals surface area contributed by atoms with Gasteiger partial charge in [0, 0.05) is 13.1 Å². The van der Waals surface area contributed by atoms with Crippen molar-refractivity contribution in [2.24, 2.45) is 0 Å². The van der Waals surface area contributed by atoms with Crippen molar-refractivity contribution in [3.05, 3.63) is 21.3 Å². The number of rotatable bonds is 4. The van der Waals surface area contributed by atoms with Crippen LogP contribution in [0.5, 0.6) is 5.75 Å². The number of halogens is 1. The maximum Gasteiger partial charge on any atom is 0.260 e. The van der Waals surface area contributed by atoms with Gasteiger partial charge in [0.05, 0.1) is 20.9 Å². The van der Waals surface area contributed by atoms with Gasteiger partial charge in [-0.25, -0.2) is 0 Å². The van der Waals surface area contributed by atoms with Gasteiger partial charge in [-0.05, 0) is 47.6 Å². The van der Waals surface area contributed by atoms with Crippen molar-refractivity contribution in [2.75, 3.05) is 19.4 Å². The summed E-state index contributed by atoms with van der Waals surface area (Å²) in [7, 11) is 1.79. The van der Waals surface area contributed by atoms with Crippen molar-refractivity contribution in [2.45, 2.75) is 18.9 Å². The lowest BCUT2D eigenvalue weighted by Crippen LogP contribution is -2.33. The number of amides is 1. The number of hydrogen-bond donors (Lipinski definition) is 1. The second-order valence-electron chi connectivity index (χ2n) is 4.51. The zero-order valence-electron chi connectivity index (χ0n) is 10.5. The minimum absolute atomic E-state index is 0.0287. The molecule has 0 aromatic heterocycles. The molecule has 0 radical (unpaired) electrons. The molecule has 100 valence electrons. The Morgan fingerprint density at radius 1 is 1.63 bits per heavy atom. The predicted octanol–water partition coefficient (Wildman–Crippen LogP) is 1.74. The third kappa shape index (κ3) is 3.29. The molecular formula is C13H14IN3O2. The van der Waals surface area contributed by atoms with Crippen molar-refractivity contribution in [3.8, 4) is 11.8 Å². The molecule has 1 aliphatic rings. The third-order valence-corrected chi connectivity index (χ3v) is 3.83. The lowest BCUT2D eigenvalue weighted by atomic mass is 10.2. The van der Waals surface area contributed by atoms with E-state index in [2.05, 4.69) is 0 Å². The molecule has 0 heterocycles. The number of nitriles is 1. The molecule has 0 spiro atoms. The first-order valence-electron chi connectivity index (χ1n) is 5.90. The van der Waals surface area contributed by atoms with Gasteiger partial charge in [0.15, 0.2) is 12.4 Å². The molecule has 2 rings (SSSR count). The van der Waals surface area contributed by atoms with E-state index in [9.17, 15) is 4.79 Å². The largest absolute Gasteiger partial charge is 0.480 e. The molecule has 1 aromatic rings. The monoisotopic (exact) mass is 371 g/mol. The van der Waals surface area contributed by atoms with Gasteiger partial charge in [0.1, 0.15) is 0 Å². The van der Waals surface area contributed by atoms with E-state index in [1.165, 1.54) is 0 Å². The summed E-state index contributed by atoms with van der Waals surface area (Å²) >= 11 is 2.04. The Morgan fingerprint density at radius 2 is 2.32 bits per heavy atom. The van der Waals surface area contributed by atoms with Crippen LogP contribution in [0.15, 0.2) is 12.1 Å². The third-order valence-electron chi connectivity index (χ3n) is 3.03. The van der Waals surface area contributed by atoms with Crippen LogP contribution in [0.1, 0.15) is 18.4 Å². The van der Waals surface area contributed by atoms with Crippen LogP contribution < -0.4 is 10.5 Å². The van der Waals surface area contributed by atoms with Crippen molar-refractivity contribution >= 4 is 34.2 Å². The quantitative estimate of drug-likeness (QED) is 0.646. The van der Waals surface area contributed by atoms with Crippen LogP contribution in [0, 0.1) is 14.9 Å². The van der Waals surface area contributed by atoms with Crippen molar-refractivity contribution in [1.29, 1.82) is 5.26 Å². The van der Waals surface area contributed by atoms with Gasteiger partial charge in [-0.1, -0.05) is 0 Å². The highest BCUT2D eigenvalue weighted by Crippen LogP contribution is 2.30. The maximum absolute atomic E-state index is 11.8. The summed E-state index contributed by atoms with van der Waals surface area (Å²) in [6, 6.07) is 5.63. The van der Waals surface area contributed by atoms with Gasteiger partial charge in [-0.15, -0.1) is 0 Å². The van der Waals surface area contributed by atoms with E-state index < -0.39 is 0 Å². The van der Waals surface area contributed by atoms with Crippen molar-refractivity contribution in [3.63, 3.8) is 0 Å². The van der Waals surface area contributed by atoms with Crippen LogP contribution in [-0.2, 0) is 4.79 Å². The number of hydrogen-bond acceptors (Lipinski definition) is 4. The highest BCUT2D eigenvalue weighted by atomic mass is 127. The van der Waals surface area contributed by atoms with E-state index in [-0.39, 0.29) is 12.5 Å². The highest BCUT2D eigenvalue weighted by molar-refractivity contribution is 14.1. The van der Waals surface area contributed by atoms with Gasteiger partial charge < -0.3 is 15.4 Å². The molecule has 0 atom stereocenters. The Hall–Kier alpha value is -1.49. The molecule has 19 heavy (non-hydrogen) atoms. The molecular weight excluding hydrogens is 357 g/mol. The Balaban J connectivity index is 2.03. The molecule has 6 heteroatoms. The summed E-state index contributed by atoms with van der Waals surface area (Å²) in [4.78, 5) is 13.6. The van der Waals surface area contributed by atoms with Crippen LogP contribution in [0.2, 0.25) is 0 Å². The topological polar surface area (TPSA) is 79.3 Å². The fraction of sp³-hybridized carbons (Fsp3) is 0.385. The number of benzene rings is 1. The predicted molar refractivity (Wildman–Crippen MR) is 79.6 cm³/mol. The van der Waals surface area contributed by atoms with Crippen LogP contribution >= 0.6 is 22.6 Å². The Morgan fingerprint density at radius 3 is 2.84 bits per heavy atom. The maximum atomic E-state index is 11.8. The smallest absolute Gasteiger partial charge is 0.260 e. The summed E-state index contributed by atoms with van der Waals surface area (Å²) in [5.74, 6) is 0.416. The first kappa shape index (κ1) is 13.9. The summed E-state index contributed by atoms with van der Waals surface area (Å²) in [5.41, 5.74) is 6.69. The molecule has 1 aromatic carbocycles. The summed E-state index contributed by atoms with van der Waals surface area (Å²) in [5, 5.41) is 8.83. The van der Waals surface area contributed by atoms with E-state index in [0.29, 0.717) is 23.0 Å². The van der Waals surface area contributed by atoms with Gasteiger partial charge in [-0.2, -0.15) is 5.26 Å².